The standard InChI is InChI=1S/C26H36N2O4/c1-8-30-20(4)22-11-14-24(27-17-22)31-23-12-9-21(10-13-23)18-28(16-15-19(2)3)25(29)32-26(5,6)7/h9-14,17,19H,4,8,15-16,18H2,1-3,5-7H3. The summed E-state index contributed by atoms with van der Waals surface area (Å²) in [5.41, 5.74) is 1.30. The monoisotopic (exact) mass is 440 g/mol. The minimum absolute atomic E-state index is 0.295. The Labute approximate surface area is 192 Å². The van der Waals surface area contributed by atoms with Crippen LogP contribution in [0.2, 0.25) is 0 Å². The van der Waals surface area contributed by atoms with E-state index in [4.69, 9.17) is 14.2 Å². The van der Waals surface area contributed by atoms with E-state index in [1.165, 1.54) is 0 Å². The summed E-state index contributed by atoms with van der Waals surface area (Å²) in [6.45, 7) is 17.4. The van der Waals surface area contributed by atoms with Crippen LogP contribution in [0.4, 0.5) is 4.79 Å². The molecule has 6 nitrogen and oxygen atoms in total. The Morgan fingerprint density at radius 3 is 2.34 bits per heavy atom. The lowest BCUT2D eigenvalue weighted by molar-refractivity contribution is 0.0226. The Balaban J connectivity index is 2.02. The van der Waals surface area contributed by atoms with Gasteiger partial charge >= 0.3 is 6.09 Å². The van der Waals surface area contributed by atoms with Crippen LogP contribution in [0.15, 0.2) is 49.2 Å². The van der Waals surface area contributed by atoms with Gasteiger partial charge in [0.2, 0.25) is 5.88 Å². The maximum Gasteiger partial charge on any atom is 0.410 e. The predicted molar refractivity (Wildman–Crippen MR) is 128 cm³/mol. The smallest absolute Gasteiger partial charge is 0.410 e. The van der Waals surface area contributed by atoms with Gasteiger partial charge in [0.05, 0.1) is 6.61 Å². The third kappa shape index (κ3) is 8.61. The first kappa shape index (κ1) is 25.2. The number of nitrogens with zero attached hydrogens (tertiary/aromatic N) is 2. The lowest BCUT2D eigenvalue weighted by atomic mass is 10.1. The van der Waals surface area contributed by atoms with Gasteiger partial charge in [0.15, 0.2) is 0 Å². The lowest BCUT2D eigenvalue weighted by Gasteiger charge is -2.28. The molecule has 0 atom stereocenters. The molecule has 0 saturated heterocycles. The van der Waals surface area contributed by atoms with Crippen LogP contribution in [-0.2, 0) is 16.0 Å². The molecule has 2 rings (SSSR count). The van der Waals surface area contributed by atoms with Gasteiger partial charge in [0.25, 0.3) is 0 Å². The number of hydrogen-bond acceptors (Lipinski definition) is 5. The first-order chi connectivity index (χ1) is 15.1. The molecule has 0 radical (unpaired) electrons. The molecule has 0 aliphatic rings. The number of ether oxygens (including phenoxy) is 3. The fourth-order valence-electron chi connectivity index (χ4n) is 2.84. The molecule has 1 aromatic carbocycles. The van der Waals surface area contributed by atoms with Crippen molar-refractivity contribution in [2.24, 2.45) is 5.92 Å². The molecule has 174 valence electrons. The van der Waals surface area contributed by atoms with Gasteiger partial charge in [-0.1, -0.05) is 32.6 Å². The highest BCUT2D eigenvalue weighted by Gasteiger charge is 2.22. The van der Waals surface area contributed by atoms with Crippen LogP contribution in [-0.4, -0.2) is 34.7 Å². The first-order valence-corrected chi connectivity index (χ1v) is 11.1. The number of hydrogen-bond donors (Lipinski definition) is 0. The van der Waals surface area contributed by atoms with E-state index < -0.39 is 5.60 Å². The average Bonchev–Trinajstić information content (AvgIpc) is 2.71. The topological polar surface area (TPSA) is 60.9 Å². The summed E-state index contributed by atoms with van der Waals surface area (Å²) in [4.78, 5) is 18.7. The third-order valence-corrected chi connectivity index (χ3v) is 4.52. The van der Waals surface area contributed by atoms with Gasteiger partial charge in [-0.05, 0) is 63.8 Å². The van der Waals surface area contributed by atoms with Crippen LogP contribution in [0.3, 0.4) is 0 Å². The molecule has 0 aliphatic heterocycles. The second-order valence-corrected chi connectivity index (χ2v) is 9.07. The molecular weight excluding hydrogens is 404 g/mol. The number of aromatic nitrogens is 1. The zero-order chi connectivity index (χ0) is 23.7. The van der Waals surface area contributed by atoms with Crippen molar-refractivity contribution >= 4 is 11.9 Å². The first-order valence-electron chi connectivity index (χ1n) is 11.1. The Hall–Kier alpha value is -3.02. The SMILES string of the molecule is C=C(OCC)c1ccc(Oc2ccc(CN(CCC(C)C)C(=O)OC(C)(C)C)cc2)nc1. The highest BCUT2D eigenvalue weighted by molar-refractivity contribution is 5.68. The van der Waals surface area contributed by atoms with E-state index in [1.54, 1.807) is 17.2 Å². The van der Waals surface area contributed by atoms with Crippen LogP contribution in [0.5, 0.6) is 11.6 Å². The maximum absolute atomic E-state index is 12.7. The Morgan fingerprint density at radius 2 is 1.81 bits per heavy atom. The molecule has 0 spiro atoms. The van der Waals surface area contributed by atoms with Crippen LogP contribution >= 0.6 is 0 Å². The number of pyridine rings is 1. The molecule has 1 amide bonds. The Bertz CT molecular complexity index is 868. The summed E-state index contributed by atoms with van der Waals surface area (Å²) in [5.74, 6) is 2.24. The summed E-state index contributed by atoms with van der Waals surface area (Å²) in [7, 11) is 0. The van der Waals surface area contributed by atoms with E-state index in [1.807, 2.05) is 58.0 Å². The number of carbonyl (C=O) groups excluding carboxylic acids is 1. The van der Waals surface area contributed by atoms with Crippen LogP contribution < -0.4 is 4.74 Å². The van der Waals surface area contributed by atoms with Crippen molar-refractivity contribution in [1.82, 2.24) is 9.88 Å². The largest absolute Gasteiger partial charge is 0.494 e. The molecule has 0 aliphatic carbocycles. The predicted octanol–water partition coefficient (Wildman–Crippen LogP) is 6.66. The Kier molecular flexibility index (Phi) is 9.12. The summed E-state index contributed by atoms with van der Waals surface area (Å²) in [6.07, 6.45) is 2.30. The van der Waals surface area contributed by atoms with Crippen molar-refractivity contribution in [3.05, 3.63) is 60.3 Å². The van der Waals surface area contributed by atoms with E-state index in [2.05, 4.69) is 25.4 Å². The molecule has 1 aromatic heterocycles. The molecule has 6 heteroatoms. The highest BCUT2D eigenvalue weighted by Crippen LogP contribution is 2.23. The average molecular weight is 441 g/mol. The molecule has 0 fully saturated rings. The third-order valence-electron chi connectivity index (χ3n) is 4.52. The van der Waals surface area contributed by atoms with E-state index in [9.17, 15) is 4.79 Å². The zero-order valence-corrected chi connectivity index (χ0v) is 20.2. The fourth-order valence-corrected chi connectivity index (χ4v) is 2.84. The van der Waals surface area contributed by atoms with Gasteiger partial charge in [0, 0.05) is 30.9 Å². The van der Waals surface area contributed by atoms with Crippen molar-refractivity contribution in [2.75, 3.05) is 13.2 Å². The molecule has 1 heterocycles. The molecule has 0 saturated carbocycles. The molecule has 0 unspecified atom stereocenters. The van der Waals surface area contributed by atoms with Gasteiger partial charge in [-0.2, -0.15) is 0 Å². The van der Waals surface area contributed by atoms with Gasteiger partial charge in [-0.3, -0.25) is 0 Å². The summed E-state index contributed by atoms with van der Waals surface area (Å²) >= 11 is 0. The Morgan fingerprint density at radius 1 is 1.12 bits per heavy atom. The highest BCUT2D eigenvalue weighted by atomic mass is 16.6. The van der Waals surface area contributed by atoms with Gasteiger partial charge in [-0.15, -0.1) is 0 Å². The fraction of sp³-hybridized carbons (Fsp3) is 0.462. The molecule has 0 N–H and O–H groups in total. The van der Waals surface area contributed by atoms with Crippen molar-refractivity contribution in [2.45, 2.75) is 60.1 Å². The maximum atomic E-state index is 12.7. The van der Waals surface area contributed by atoms with E-state index in [0.29, 0.717) is 43.0 Å². The second kappa shape index (κ2) is 11.6. The summed E-state index contributed by atoms with van der Waals surface area (Å²) < 4.78 is 16.8. The minimum atomic E-state index is -0.525. The zero-order valence-electron chi connectivity index (χ0n) is 20.2. The van der Waals surface area contributed by atoms with E-state index in [0.717, 1.165) is 17.5 Å². The quantitative estimate of drug-likeness (QED) is 0.386. The van der Waals surface area contributed by atoms with Crippen molar-refractivity contribution in [1.29, 1.82) is 0 Å². The molecule has 32 heavy (non-hydrogen) atoms. The van der Waals surface area contributed by atoms with Crippen LogP contribution in [0.25, 0.3) is 5.76 Å². The molecule has 2 aromatic rings. The van der Waals surface area contributed by atoms with Gasteiger partial charge in [-0.25, -0.2) is 9.78 Å². The van der Waals surface area contributed by atoms with Crippen LogP contribution in [0, 0.1) is 5.92 Å². The van der Waals surface area contributed by atoms with E-state index >= 15 is 0 Å². The van der Waals surface area contributed by atoms with Crippen molar-refractivity contribution in [3.63, 3.8) is 0 Å². The minimum Gasteiger partial charge on any atom is -0.494 e. The normalized spacial score (nSPS) is 11.2. The number of carbonyl (C=O) groups is 1. The van der Waals surface area contributed by atoms with E-state index in [-0.39, 0.29) is 6.09 Å². The lowest BCUT2D eigenvalue weighted by Crippen LogP contribution is -2.37. The second-order valence-electron chi connectivity index (χ2n) is 9.07. The molecular formula is C26H36N2O4. The molecule has 0 bridgehead atoms. The number of rotatable bonds is 10. The van der Waals surface area contributed by atoms with Crippen molar-refractivity contribution in [3.8, 4) is 11.6 Å². The van der Waals surface area contributed by atoms with Gasteiger partial charge in [0.1, 0.15) is 17.1 Å². The summed E-state index contributed by atoms with van der Waals surface area (Å²) in [5, 5.41) is 0. The van der Waals surface area contributed by atoms with Gasteiger partial charge < -0.3 is 19.1 Å². The number of benzene rings is 1. The van der Waals surface area contributed by atoms with Crippen molar-refractivity contribution < 1.29 is 19.0 Å². The number of amides is 1. The van der Waals surface area contributed by atoms with Crippen LogP contribution in [0.1, 0.15) is 59.1 Å². The summed E-state index contributed by atoms with van der Waals surface area (Å²) in [6, 6.07) is 11.3.